The van der Waals surface area contributed by atoms with E-state index in [1.54, 1.807) is 55.6 Å². The molecule has 0 aliphatic heterocycles. The molecule has 0 N–H and O–H groups in total. The minimum absolute atomic E-state index is 1.11. The van der Waals surface area contributed by atoms with Gasteiger partial charge in [-0.3, -0.25) is 0 Å². The van der Waals surface area contributed by atoms with Gasteiger partial charge in [-0.1, -0.05) is 183 Å². The Hall–Kier alpha value is -6.24. The van der Waals surface area contributed by atoms with Crippen LogP contribution < -0.4 is 0 Å². The quantitative estimate of drug-likeness (QED) is 0.142. The summed E-state index contributed by atoms with van der Waals surface area (Å²) in [5.74, 6) is 0. The highest BCUT2D eigenvalue weighted by atomic mass is 14.3. The standard InChI is InChI=1S/3C17H18.C16H16.4C2H6/c2*1-11-5-4-6-14-9-16-12(2)7-8-13(3)17(16)10-15(11)14;1-11-8-12(2)16-9-14-6-4-5-7-15(14)10-17(16)13(11)3;1-11-7-8-12(2)16-10-14-6-4-3-5-13(14)9-15(11)16;4*1-2/h3*4-8H,9-10H2,1-3H3;3-8H,9-10H2,1-2H3;4*1-2H3. The van der Waals surface area contributed by atoms with Crippen LogP contribution in [0.1, 0.15) is 206 Å². The van der Waals surface area contributed by atoms with E-state index in [2.05, 4.69) is 204 Å². The smallest absolute Gasteiger partial charge is 0.00147 e. The topological polar surface area (TPSA) is 0 Å². The molecular formula is C75H94. The Kier molecular flexibility index (Phi) is 22.3. The van der Waals surface area contributed by atoms with E-state index in [1.165, 1.54) is 94.6 Å². The second kappa shape index (κ2) is 28.1. The molecule has 0 saturated heterocycles. The normalized spacial score (nSPS) is 12.0. The molecule has 12 rings (SSSR count). The molecule has 0 spiro atoms. The van der Waals surface area contributed by atoms with Crippen molar-refractivity contribution in [3.63, 3.8) is 0 Å². The van der Waals surface area contributed by atoms with Gasteiger partial charge in [-0.15, -0.1) is 0 Å². The van der Waals surface area contributed by atoms with E-state index in [-0.39, 0.29) is 0 Å². The van der Waals surface area contributed by atoms with Gasteiger partial charge in [-0.05, 0) is 278 Å². The highest BCUT2D eigenvalue weighted by molar-refractivity contribution is 5.56. The lowest BCUT2D eigenvalue weighted by atomic mass is 9.80. The Morgan fingerprint density at radius 1 is 0.187 bits per heavy atom. The van der Waals surface area contributed by atoms with Crippen LogP contribution in [0.4, 0.5) is 0 Å². The Labute approximate surface area is 458 Å². The predicted octanol–water partition coefficient (Wildman–Crippen LogP) is 20.2. The van der Waals surface area contributed by atoms with Crippen molar-refractivity contribution in [2.24, 2.45) is 0 Å². The van der Waals surface area contributed by atoms with E-state index in [0.29, 0.717) is 0 Å². The number of aryl methyl sites for hydroxylation is 10. The fourth-order valence-electron chi connectivity index (χ4n) is 11.6. The Morgan fingerprint density at radius 2 is 0.413 bits per heavy atom. The zero-order chi connectivity index (χ0) is 55.1. The molecule has 0 fully saturated rings. The Morgan fingerprint density at radius 3 is 0.720 bits per heavy atom. The van der Waals surface area contributed by atoms with E-state index in [9.17, 15) is 0 Å². The van der Waals surface area contributed by atoms with Gasteiger partial charge >= 0.3 is 0 Å². The molecular weight excluding hydrogens is 901 g/mol. The maximum absolute atomic E-state index is 2.34. The average molecular weight is 996 g/mol. The van der Waals surface area contributed by atoms with Gasteiger partial charge < -0.3 is 0 Å². The summed E-state index contributed by atoms with van der Waals surface area (Å²) in [7, 11) is 0. The number of hydrogen-bond donors (Lipinski definition) is 0. The van der Waals surface area contributed by atoms with Crippen molar-refractivity contribution in [3.05, 3.63) is 278 Å². The molecule has 75 heavy (non-hydrogen) atoms. The molecule has 8 aromatic rings. The molecule has 394 valence electrons. The molecule has 0 unspecified atom stereocenters. The molecule has 0 atom stereocenters. The highest BCUT2D eigenvalue weighted by Crippen LogP contribution is 2.36. The molecule has 0 heterocycles. The molecule has 0 amide bonds. The third kappa shape index (κ3) is 13.6. The van der Waals surface area contributed by atoms with E-state index < -0.39 is 0 Å². The first-order valence-corrected chi connectivity index (χ1v) is 28.9. The lowest BCUT2D eigenvalue weighted by Gasteiger charge is -2.24. The van der Waals surface area contributed by atoms with Crippen LogP contribution in [0.2, 0.25) is 0 Å². The molecule has 0 aromatic heterocycles. The second-order valence-corrected chi connectivity index (χ2v) is 20.4. The zero-order valence-electron chi connectivity index (χ0n) is 50.3. The van der Waals surface area contributed by atoms with E-state index >= 15 is 0 Å². The van der Waals surface area contributed by atoms with E-state index in [0.717, 1.165) is 51.4 Å². The maximum atomic E-state index is 2.34. The van der Waals surface area contributed by atoms with Crippen LogP contribution in [0.15, 0.2) is 127 Å². The molecule has 0 bridgehead atoms. The van der Waals surface area contributed by atoms with Gasteiger partial charge in [0.1, 0.15) is 0 Å². The van der Waals surface area contributed by atoms with Gasteiger partial charge in [0, 0.05) is 0 Å². The van der Waals surface area contributed by atoms with E-state index in [1.807, 2.05) is 55.4 Å². The third-order valence-electron chi connectivity index (χ3n) is 16.2. The molecule has 8 aromatic carbocycles. The lowest BCUT2D eigenvalue weighted by molar-refractivity contribution is 0.959. The predicted molar refractivity (Wildman–Crippen MR) is 331 cm³/mol. The van der Waals surface area contributed by atoms with Gasteiger partial charge in [0.25, 0.3) is 0 Å². The van der Waals surface area contributed by atoms with Crippen LogP contribution in [0.5, 0.6) is 0 Å². The number of hydrogen-bond acceptors (Lipinski definition) is 0. The highest BCUT2D eigenvalue weighted by Gasteiger charge is 2.22. The van der Waals surface area contributed by atoms with Gasteiger partial charge in [0.05, 0.1) is 0 Å². The third-order valence-corrected chi connectivity index (χ3v) is 16.2. The summed E-state index contributed by atoms with van der Waals surface area (Å²) >= 11 is 0. The summed E-state index contributed by atoms with van der Waals surface area (Å²) in [5, 5.41) is 0. The van der Waals surface area contributed by atoms with Crippen LogP contribution >= 0.6 is 0 Å². The first kappa shape index (κ1) is 59.6. The fraction of sp³-hybridized carbons (Fsp3) is 0.360. The van der Waals surface area contributed by atoms with Crippen LogP contribution in [0, 0.1) is 76.2 Å². The lowest BCUT2D eigenvalue weighted by Crippen LogP contribution is -2.11. The van der Waals surface area contributed by atoms with Crippen molar-refractivity contribution >= 4 is 0 Å². The summed E-state index contributed by atoms with van der Waals surface area (Å²) in [5.41, 5.74) is 40.5. The fourth-order valence-corrected chi connectivity index (χ4v) is 11.6. The van der Waals surface area contributed by atoms with Crippen molar-refractivity contribution < 1.29 is 0 Å². The van der Waals surface area contributed by atoms with Crippen molar-refractivity contribution in [3.8, 4) is 0 Å². The largest absolute Gasteiger partial charge is 0.0683 e. The average Bonchev–Trinajstić information content (AvgIpc) is 3.45. The molecule has 0 nitrogen and oxygen atoms in total. The summed E-state index contributed by atoms with van der Waals surface area (Å²) in [6, 6.07) is 47.0. The van der Waals surface area contributed by atoms with Crippen LogP contribution in [0.3, 0.4) is 0 Å². The second-order valence-electron chi connectivity index (χ2n) is 20.4. The summed E-state index contributed by atoms with van der Waals surface area (Å²) in [6.45, 7) is 40.6. The van der Waals surface area contributed by atoms with Crippen molar-refractivity contribution in [1.82, 2.24) is 0 Å². The van der Waals surface area contributed by atoms with Crippen molar-refractivity contribution in [2.75, 3.05) is 0 Å². The molecule has 4 aliphatic carbocycles. The monoisotopic (exact) mass is 995 g/mol. The van der Waals surface area contributed by atoms with Gasteiger partial charge in [-0.25, -0.2) is 0 Å². The maximum Gasteiger partial charge on any atom is -0.00147 e. The number of fused-ring (bicyclic) bond motifs is 8. The minimum Gasteiger partial charge on any atom is -0.0683 e. The van der Waals surface area contributed by atoms with Crippen molar-refractivity contribution in [2.45, 2.75) is 183 Å². The summed E-state index contributed by atoms with van der Waals surface area (Å²) in [4.78, 5) is 0. The van der Waals surface area contributed by atoms with Crippen molar-refractivity contribution in [1.29, 1.82) is 0 Å². The first-order valence-electron chi connectivity index (χ1n) is 28.9. The Balaban J connectivity index is 0.000000177. The van der Waals surface area contributed by atoms with Gasteiger partial charge in [0.15, 0.2) is 0 Å². The van der Waals surface area contributed by atoms with Crippen LogP contribution in [-0.4, -0.2) is 0 Å². The number of rotatable bonds is 0. The summed E-state index contributed by atoms with van der Waals surface area (Å²) in [6.07, 6.45) is 8.89. The molecule has 0 radical (unpaired) electrons. The Bertz CT molecular complexity index is 3020. The molecule has 0 saturated carbocycles. The van der Waals surface area contributed by atoms with Gasteiger partial charge in [-0.2, -0.15) is 0 Å². The molecule has 4 aliphatic rings. The minimum atomic E-state index is 1.11. The number of benzene rings is 8. The van der Waals surface area contributed by atoms with Crippen LogP contribution in [0.25, 0.3) is 0 Å². The summed E-state index contributed by atoms with van der Waals surface area (Å²) < 4.78 is 0. The SMILES string of the molecule is CC.CC.CC.CC.Cc1cc(C)c2c(c1C)Cc1ccccc1C2.Cc1ccc(C)c2c1Cc1ccccc1C2.Cc1cccc2c1Cc1c(C)ccc(C)c1C2.Cc1cccc2c1Cc1c(C)ccc(C)c1C2. The zero-order valence-corrected chi connectivity index (χ0v) is 50.3. The van der Waals surface area contributed by atoms with Gasteiger partial charge in [0.2, 0.25) is 0 Å². The first-order chi connectivity index (χ1) is 36.2. The van der Waals surface area contributed by atoms with Crippen LogP contribution in [-0.2, 0) is 51.4 Å². The van der Waals surface area contributed by atoms with E-state index in [4.69, 9.17) is 0 Å². The molecule has 0 heteroatoms.